The molecule has 11 heteroatoms. The number of esters is 1. The zero-order valence-corrected chi connectivity index (χ0v) is 18.6. The quantitative estimate of drug-likeness (QED) is 0.116. The predicted molar refractivity (Wildman–Crippen MR) is 118 cm³/mol. The summed E-state index contributed by atoms with van der Waals surface area (Å²) in [5.41, 5.74) is -4.29. The van der Waals surface area contributed by atoms with Crippen molar-refractivity contribution in [3.8, 4) is 23.0 Å². The van der Waals surface area contributed by atoms with E-state index in [9.17, 15) is 41.8 Å². The van der Waals surface area contributed by atoms with Gasteiger partial charge in [-0.3, -0.25) is 4.79 Å². The van der Waals surface area contributed by atoms with E-state index < -0.39 is 63.1 Å². The summed E-state index contributed by atoms with van der Waals surface area (Å²) in [6, 6.07) is 11.4. The molecule has 2 aliphatic heterocycles. The smallest absolute Gasteiger partial charge is 0.340 e. The molecule has 2 N–H and O–H groups in total. The van der Waals surface area contributed by atoms with Gasteiger partial charge in [0.15, 0.2) is 34.7 Å². The van der Waals surface area contributed by atoms with Crippen LogP contribution in [0.2, 0.25) is 0 Å². The number of carbonyl (C=O) groups is 2. The van der Waals surface area contributed by atoms with Crippen molar-refractivity contribution < 1.29 is 51.2 Å². The van der Waals surface area contributed by atoms with E-state index in [0.717, 1.165) is 6.07 Å². The lowest BCUT2D eigenvalue weighted by molar-refractivity contribution is 0.0223. The van der Waals surface area contributed by atoms with Crippen LogP contribution in [-0.4, -0.2) is 22.0 Å². The lowest BCUT2D eigenvalue weighted by atomic mass is 9.76. The Morgan fingerprint density at radius 1 is 0.711 bits per heavy atom. The number of aromatic hydroxyl groups is 2. The fraction of sp³-hybridized carbons (Fsp3) is 0.0370. The zero-order chi connectivity index (χ0) is 27.1. The molecule has 2 aliphatic rings. The summed E-state index contributed by atoms with van der Waals surface area (Å²) in [4.78, 5) is 26.5. The number of hydrogen-bond donors (Lipinski definition) is 2. The van der Waals surface area contributed by atoms with E-state index in [1.807, 2.05) is 0 Å². The Bertz CT molecular complexity index is 1670. The first-order valence-corrected chi connectivity index (χ1v) is 10.8. The SMILES string of the molecule is O=C1OC2(c3ccc(O)cc3Oc3cc(O)ccc32)c2cccc(C(=O)c3c(F)c(F)c(F)c(F)c3F)c21. The third-order valence-corrected chi connectivity index (χ3v) is 6.48. The van der Waals surface area contributed by atoms with Gasteiger partial charge in [0.2, 0.25) is 5.82 Å². The minimum atomic E-state index is -2.44. The third kappa shape index (κ3) is 2.92. The molecular formula is C27H11F5O6. The van der Waals surface area contributed by atoms with Crippen molar-refractivity contribution in [2.75, 3.05) is 0 Å². The summed E-state index contributed by atoms with van der Waals surface area (Å²) in [6.07, 6.45) is 0. The number of halogens is 5. The highest BCUT2D eigenvalue weighted by atomic mass is 19.2. The molecular weight excluding hydrogens is 515 g/mol. The number of benzene rings is 4. The second-order valence-electron chi connectivity index (χ2n) is 8.54. The Morgan fingerprint density at radius 3 is 1.79 bits per heavy atom. The van der Waals surface area contributed by atoms with Crippen LogP contribution in [0.3, 0.4) is 0 Å². The molecule has 0 amide bonds. The molecule has 0 fully saturated rings. The number of rotatable bonds is 2. The summed E-state index contributed by atoms with van der Waals surface area (Å²) in [6.45, 7) is 0. The van der Waals surface area contributed by atoms with Crippen molar-refractivity contribution >= 4 is 11.8 Å². The Hall–Kier alpha value is -4.93. The van der Waals surface area contributed by atoms with Gasteiger partial charge in [-0.25, -0.2) is 26.7 Å². The molecule has 6 rings (SSSR count). The normalized spacial score (nSPS) is 14.4. The molecule has 0 saturated heterocycles. The van der Waals surface area contributed by atoms with Crippen LogP contribution in [0.15, 0.2) is 54.6 Å². The fourth-order valence-corrected chi connectivity index (χ4v) is 4.88. The zero-order valence-electron chi connectivity index (χ0n) is 18.6. The lowest BCUT2D eigenvalue weighted by Crippen LogP contribution is -2.32. The molecule has 0 aliphatic carbocycles. The first-order chi connectivity index (χ1) is 18.1. The molecule has 0 bridgehead atoms. The third-order valence-electron chi connectivity index (χ3n) is 6.48. The van der Waals surface area contributed by atoms with Gasteiger partial charge in [-0.1, -0.05) is 18.2 Å². The average Bonchev–Trinajstić information content (AvgIpc) is 3.18. The average molecular weight is 526 g/mol. The van der Waals surface area contributed by atoms with Crippen LogP contribution in [0.25, 0.3) is 0 Å². The Morgan fingerprint density at radius 2 is 1.24 bits per heavy atom. The molecule has 0 atom stereocenters. The van der Waals surface area contributed by atoms with Crippen LogP contribution in [0, 0.1) is 29.1 Å². The van der Waals surface area contributed by atoms with Crippen molar-refractivity contribution in [3.63, 3.8) is 0 Å². The molecule has 6 nitrogen and oxygen atoms in total. The van der Waals surface area contributed by atoms with E-state index in [4.69, 9.17) is 9.47 Å². The molecule has 38 heavy (non-hydrogen) atoms. The van der Waals surface area contributed by atoms with E-state index in [1.54, 1.807) is 0 Å². The Balaban J connectivity index is 1.64. The molecule has 2 heterocycles. The Labute approximate surface area is 209 Å². The standard InChI is InChI=1S/C27H11F5O6/c28-20-19(21(29)23(31)24(32)22(20)30)25(35)12-2-1-3-15-18(12)26(36)38-27(15)13-6-4-10(33)8-16(13)37-17-9-11(34)5-7-14(17)27/h1-9,33-34H. The monoisotopic (exact) mass is 526 g/mol. The highest BCUT2D eigenvalue weighted by molar-refractivity contribution is 6.16. The number of phenols is 2. The maximum Gasteiger partial charge on any atom is 0.340 e. The van der Waals surface area contributed by atoms with Crippen molar-refractivity contribution in [1.82, 2.24) is 0 Å². The van der Waals surface area contributed by atoms with Gasteiger partial charge in [0.25, 0.3) is 0 Å². The van der Waals surface area contributed by atoms with Gasteiger partial charge >= 0.3 is 5.97 Å². The number of fused-ring (bicyclic) bond motifs is 6. The summed E-state index contributed by atoms with van der Waals surface area (Å²) in [5.74, 6) is -14.9. The molecule has 0 unspecified atom stereocenters. The first kappa shape index (κ1) is 23.5. The highest BCUT2D eigenvalue weighted by Gasteiger charge is 2.55. The van der Waals surface area contributed by atoms with Crippen LogP contribution in [0.1, 0.15) is 43.0 Å². The molecule has 0 radical (unpaired) electrons. The largest absolute Gasteiger partial charge is 0.508 e. The van der Waals surface area contributed by atoms with Gasteiger partial charge < -0.3 is 19.7 Å². The van der Waals surface area contributed by atoms with Gasteiger partial charge in [0, 0.05) is 34.4 Å². The van der Waals surface area contributed by atoms with Crippen LogP contribution >= 0.6 is 0 Å². The maximum absolute atomic E-state index is 14.5. The second kappa shape index (κ2) is 7.78. The topological polar surface area (TPSA) is 93.1 Å². The fourth-order valence-electron chi connectivity index (χ4n) is 4.88. The van der Waals surface area contributed by atoms with E-state index in [1.165, 1.54) is 48.5 Å². The van der Waals surface area contributed by atoms with Gasteiger partial charge in [-0.2, -0.15) is 0 Å². The van der Waals surface area contributed by atoms with Crippen LogP contribution in [0.5, 0.6) is 23.0 Å². The van der Waals surface area contributed by atoms with Crippen molar-refractivity contribution in [2.24, 2.45) is 0 Å². The number of carbonyl (C=O) groups excluding carboxylic acids is 2. The summed E-state index contributed by atoms with van der Waals surface area (Å²) >= 11 is 0. The highest BCUT2D eigenvalue weighted by Crippen LogP contribution is 2.57. The molecule has 1 spiro atoms. The molecule has 4 aromatic carbocycles. The van der Waals surface area contributed by atoms with Crippen LogP contribution in [-0.2, 0) is 10.3 Å². The van der Waals surface area contributed by atoms with Gasteiger partial charge in [-0.15, -0.1) is 0 Å². The van der Waals surface area contributed by atoms with Gasteiger partial charge in [0.1, 0.15) is 28.6 Å². The lowest BCUT2D eigenvalue weighted by Gasteiger charge is -2.36. The molecule has 0 aromatic heterocycles. The second-order valence-corrected chi connectivity index (χ2v) is 8.54. The van der Waals surface area contributed by atoms with E-state index in [0.29, 0.717) is 0 Å². The summed E-state index contributed by atoms with van der Waals surface area (Å²) < 4.78 is 81.8. The van der Waals surface area contributed by atoms with Crippen LogP contribution < -0.4 is 4.74 Å². The predicted octanol–water partition coefficient (Wildman–Crippen LogP) is 5.59. The maximum atomic E-state index is 14.5. The molecule has 0 saturated carbocycles. The van der Waals surface area contributed by atoms with E-state index in [-0.39, 0.29) is 39.7 Å². The number of hydrogen-bond acceptors (Lipinski definition) is 6. The van der Waals surface area contributed by atoms with Crippen LogP contribution in [0.4, 0.5) is 22.0 Å². The van der Waals surface area contributed by atoms with Crippen molar-refractivity contribution in [1.29, 1.82) is 0 Å². The minimum absolute atomic E-state index is 0.000554. The Kier molecular flexibility index (Phi) is 4.81. The number of ketones is 1. The first-order valence-electron chi connectivity index (χ1n) is 10.8. The van der Waals surface area contributed by atoms with Crippen molar-refractivity contribution in [2.45, 2.75) is 5.60 Å². The van der Waals surface area contributed by atoms with Gasteiger partial charge in [-0.05, 0) is 24.3 Å². The number of phenolic OH excluding ortho intramolecular Hbond substituents is 2. The van der Waals surface area contributed by atoms with E-state index in [2.05, 4.69) is 0 Å². The number of ether oxygens (including phenoxy) is 2. The van der Waals surface area contributed by atoms with E-state index >= 15 is 0 Å². The summed E-state index contributed by atoms with van der Waals surface area (Å²) in [5, 5.41) is 20.0. The minimum Gasteiger partial charge on any atom is -0.508 e. The molecule has 190 valence electrons. The summed E-state index contributed by atoms with van der Waals surface area (Å²) in [7, 11) is 0. The van der Waals surface area contributed by atoms with Gasteiger partial charge in [0.05, 0.1) is 5.56 Å². The van der Waals surface area contributed by atoms with Crippen molar-refractivity contribution in [3.05, 3.63) is 117 Å². The molecule has 4 aromatic rings.